The molecule has 9 nitrogen and oxygen atoms in total. The van der Waals surface area contributed by atoms with Crippen LogP contribution in [0.4, 0.5) is 17.2 Å². The minimum Gasteiger partial charge on any atom is -0.378 e. The first-order valence-corrected chi connectivity index (χ1v) is 13.6. The summed E-state index contributed by atoms with van der Waals surface area (Å²) in [5.74, 6) is 0.870. The highest BCUT2D eigenvalue weighted by Crippen LogP contribution is 2.32. The Kier molecular flexibility index (Phi) is 6.70. The minimum absolute atomic E-state index is 0.0541. The van der Waals surface area contributed by atoms with Crippen LogP contribution < -0.4 is 20.9 Å². The molecule has 9 heteroatoms. The molecule has 1 atom stereocenters. The quantitative estimate of drug-likeness (QED) is 0.350. The van der Waals surface area contributed by atoms with Crippen molar-refractivity contribution in [3.05, 3.63) is 66.5 Å². The fraction of sp³-hybridized carbons (Fsp3) is 0.367. The topological polar surface area (TPSA) is 112 Å². The van der Waals surface area contributed by atoms with Gasteiger partial charge in [0, 0.05) is 49.3 Å². The summed E-state index contributed by atoms with van der Waals surface area (Å²) in [7, 11) is 0. The number of carbonyl (C=O) groups is 1. The molecule has 4 heterocycles. The molecule has 1 unspecified atom stereocenters. The summed E-state index contributed by atoms with van der Waals surface area (Å²) < 4.78 is 5.49. The van der Waals surface area contributed by atoms with Gasteiger partial charge < -0.3 is 30.6 Å². The molecule has 2 fully saturated rings. The van der Waals surface area contributed by atoms with Gasteiger partial charge in [-0.2, -0.15) is 0 Å². The largest absolute Gasteiger partial charge is 0.378 e. The minimum atomic E-state index is -0.706. The van der Waals surface area contributed by atoms with Gasteiger partial charge in [-0.1, -0.05) is 24.3 Å². The van der Waals surface area contributed by atoms with Crippen molar-refractivity contribution in [3.63, 3.8) is 0 Å². The van der Waals surface area contributed by atoms with E-state index in [9.17, 15) is 4.79 Å². The molecule has 0 bridgehead atoms. The van der Waals surface area contributed by atoms with Gasteiger partial charge in [-0.05, 0) is 61.7 Å². The van der Waals surface area contributed by atoms with E-state index < -0.39 is 5.41 Å². The summed E-state index contributed by atoms with van der Waals surface area (Å²) in [5.41, 5.74) is 11.0. The lowest BCUT2D eigenvalue weighted by molar-refractivity contribution is -0.120. The first-order valence-electron chi connectivity index (χ1n) is 13.6. The van der Waals surface area contributed by atoms with E-state index in [1.165, 1.54) is 0 Å². The van der Waals surface area contributed by atoms with Gasteiger partial charge in [0.1, 0.15) is 17.8 Å². The van der Waals surface area contributed by atoms with E-state index in [0.29, 0.717) is 13.2 Å². The molecule has 0 radical (unpaired) electrons. The monoisotopic (exact) mass is 525 g/mol. The number of aromatic amines is 1. The fourth-order valence-corrected chi connectivity index (χ4v) is 5.37. The Morgan fingerprint density at radius 2 is 1.85 bits per heavy atom. The van der Waals surface area contributed by atoms with E-state index in [-0.39, 0.29) is 11.9 Å². The van der Waals surface area contributed by atoms with Gasteiger partial charge in [-0.25, -0.2) is 9.97 Å². The number of carbonyl (C=O) groups excluding carboxylic acids is 1. The standard InChI is InChI=1S/C30H35N7O2/c1-30(2,21-4-3-5-24(16-21)37-11-10-22(31)18-37)29(38)34-23-8-6-20(7-9-23)26-17-25-27(35-26)32-19-33-28(25)36-12-14-39-15-13-36/h3-9,16-17,19,22H,10-15,18,31H2,1-2H3,(H,34,38)(H,32,33,35). The Morgan fingerprint density at radius 1 is 1.05 bits per heavy atom. The van der Waals surface area contributed by atoms with Crippen molar-refractivity contribution in [2.24, 2.45) is 5.73 Å². The third-order valence-corrected chi connectivity index (χ3v) is 7.89. The molecule has 0 aliphatic carbocycles. The smallest absolute Gasteiger partial charge is 0.234 e. The number of benzene rings is 2. The summed E-state index contributed by atoms with van der Waals surface area (Å²) >= 11 is 0. The Bertz CT molecular complexity index is 1470. The zero-order valence-corrected chi connectivity index (χ0v) is 22.5. The Labute approximate surface area is 228 Å². The third-order valence-electron chi connectivity index (χ3n) is 7.89. The second kappa shape index (κ2) is 10.3. The Balaban J connectivity index is 1.18. The molecule has 6 rings (SSSR count). The number of nitrogens with zero attached hydrogens (tertiary/aromatic N) is 4. The predicted octanol–water partition coefficient (Wildman–Crippen LogP) is 3.92. The zero-order valence-electron chi connectivity index (χ0n) is 22.5. The highest BCUT2D eigenvalue weighted by Gasteiger charge is 2.31. The number of nitrogens with two attached hydrogens (primary N) is 1. The van der Waals surface area contributed by atoms with E-state index in [1.807, 2.05) is 50.2 Å². The molecule has 39 heavy (non-hydrogen) atoms. The van der Waals surface area contributed by atoms with Gasteiger partial charge in [0.15, 0.2) is 0 Å². The van der Waals surface area contributed by atoms with E-state index in [2.05, 4.69) is 48.3 Å². The van der Waals surface area contributed by atoms with Crippen LogP contribution >= 0.6 is 0 Å². The van der Waals surface area contributed by atoms with Gasteiger partial charge in [-0.3, -0.25) is 4.79 Å². The summed E-state index contributed by atoms with van der Waals surface area (Å²) in [6.45, 7) is 8.74. The van der Waals surface area contributed by atoms with E-state index >= 15 is 0 Å². The molecule has 4 N–H and O–H groups in total. The highest BCUT2D eigenvalue weighted by atomic mass is 16.5. The molecule has 0 saturated carbocycles. The van der Waals surface area contributed by atoms with Gasteiger partial charge in [-0.15, -0.1) is 0 Å². The fourth-order valence-electron chi connectivity index (χ4n) is 5.37. The number of ether oxygens (including phenoxy) is 1. The van der Waals surface area contributed by atoms with Crippen molar-refractivity contribution in [2.45, 2.75) is 31.7 Å². The van der Waals surface area contributed by atoms with E-state index in [0.717, 1.165) is 77.6 Å². The average molecular weight is 526 g/mol. The van der Waals surface area contributed by atoms with E-state index in [4.69, 9.17) is 10.5 Å². The number of hydrogen-bond donors (Lipinski definition) is 3. The second-order valence-corrected chi connectivity index (χ2v) is 10.9. The molecule has 4 aromatic rings. The van der Waals surface area contributed by atoms with Crippen LogP contribution in [0.2, 0.25) is 0 Å². The summed E-state index contributed by atoms with van der Waals surface area (Å²) in [5, 5.41) is 4.10. The second-order valence-electron chi connectivity index (χ2n) is 10.9. The van der Waals surface area contributed by atoms with Crippen LogP contribution in [0.5, 0.6) is 0 Å². The highest BCUT2D eigenvalue weighted by molar-refractivity contribution is 5.99. The maximum absolute atomic E-state index is 13.4. The summed E-state index contributed by atoms with van der Waals surface area (Å²) in [6, 6.07) is 18.4. The molecule has 1 amide bonds. The Hall–Kier alpha value is -3.95. The van der Waals surface area contributed by atoms with Crippen molar-refractivity contribution in [2.75, 3.05) is 54.5 Å². The van der Waals surface area contributed by atoms with Crippen molar-refractivity contribution in [1.29, 1.82) is 0 Å². The van der Waals surface area contributed by atoms with Crippen molar-refractivity contribution in [3.8, 4) is 11.3 Å². The number of amides is 1. The van der Waals surface area contributed by atoms with Gasteiger partial charge in [0.05, 0.1) is 24.0 Å². The number of rotatable bonds is 6. The van der Waals surface area contributed by atoms with Crippen LogP contribution in [-0.4, -0.2) is 66.3 Å². The van der Waals surface area contributed by atoms with Crippen LogP contribution in [0.1, 0.15) is 25.8 Å². The van der Waals surface area contributed by atoms with Crippen LogP contribution in [0.25, 0.3) is 22.3 Å². The maximum Gasteiger partial charge on any atom is 0.234 e. The molecule has 2 saturated heterocycles. The number of H-pyrrole nitrogens is 1. The first-order chi connectivity index (χ1) is 18.9. The summed E-state index contributed by atoms with van der Waals surface area (Å²) in [6.07, 6.45) is 2.59. The number of nitrogens with one attached hydrogen (secondary N) is 2. The number of hydrogen-bond acceptors (Lipinski definition) is 7. The molecule has 2 aromatic heterocycles. The van der Waals surface area contributed by atoms with E-state index in [1.54, 1.807) is 6.33 Å². The van der Waals surface area contributed by atoms with Crippen molar-refractivity contribution >= 4 is 34.1 Å². The average Bonchev–Trinajstić information content (AvgIpc) is 3.60. The normalized spacial score (nSPS) is 18.1. The lowest BCUT2D eigenvalue weighted by Gasteiger charge is -2.27. The van der Waals surface area contributed by atoms with Crippen LogP contribution in [0.3, 0.4) is 0 Å². The van der Waals surface area contributed by atoms with Crippen molar-refractivity contribution < 1.29 is 9.53 Å². The molecule has 2 aliphatic heterocycles. The molecule has 0 spiro atoms. The lowest BCUT2D eigenvalue weighted by atomic mass is 9.83. The van der Waals surface area contributed by atoms with Gasteiger partial charge >= 0.3 is 0 Å². The SMILES string of the molecule is CC(C)(C(=O)Nc1ccc(-c2cc3c(N4CCOCC4)ncnc3[nH]2)cc1)c1cccc(N2CCC(N)C2)c1. The molecule has 202 valence electrons. The summed E-state index contributed by atoms with van der Waals surface area (Å²) in [4.78, 5) is 30.3. The number of anilines is 3. The van der Waals surface area contributed by atoms with Crippen LogP contribution in [0.15, 0.2) is 60.9 Å². The van der Waals surface area contributed by atoms with Crippen molar-refractivity contribution in [1.82, 2.24) is 15.0 Å². The van der Waals surface area contributed by atoms with Gasteiger partial charge in [0.25, 0.3) is 0 Å². The molecule has 2 aliphatic rings. The molecule has 2 aromatic carbocycles. The van der Waals surface area contributed by atoms with Gasteiger partial charge in [0.2, 0.25) is 5.91 Å². The predicted molar refractivity (Wildman–Crippen MR) is 155 cm³/mol. The molecular formula is C30H35N7O2. The number of aromatic nitrogens is 3. The molecular weight excluding hydrogens is 490 g/mol. The zero-order chi connectivity index (χ0) is 27.0. The Morgan fingerprint density at radius 3 is 2.59 bits per heavy atom. The van der Waals surface area contributed by atoms with Crippen LogP contribution in [0, 0.1) is 0 Å². The lowest BCUT2D eigenvalue weighted by Crippen LogP contribution is -2.36. The van der Waals surface area contributed by atoms with Crippen LogP contribution in [-0.2, 0) is 14.9 Å². The maximum atomic E-state index is 13.4. The first kappa shape index (κ1) is 25.3. The third kappa shape index (κ3) is 5.07. The number of fused-ring (bicyclic) bond motifs is 1. The number of morpholine rings is 1.